The molecule has 1 heterocycles. The first-order chi connectivity index (χ1) is 11.4. The molecular formula is C18H29IN4O. The Bertz CT molecular complexity index is 505. The number of nitrogens with one attached hydrogen (secondary N) is 2. The van der Waals surface area contributed by atoms with Gasteiger partial charge in [0, 0.05) is 19.3 Å². The van der Waals surface area contributed by atoms with Gasteiger partial charge in [-0.2, -0.15) is 0 Å². The largest absolute Gasteiger partial charge is 0.490 e. The van der Waals surface area contributed by atoms with E-state index in [2.05, 4.69) is 33.6 Å². The third kappa shape index (κ3) is 8.52. The Morgan fingerprint density at radius 2 is 2.25 bits per heavy atom. The van der Waals surface area contributed by atoms with E-state index in [1.807, 2.05) is 12.1 Å². The fraction of sp³-hybridized carbons (Fsp3) is 0.556. The van der Waals surface area contributed by atoms with Gasteiger partial charge in [-0.25, -0.2) is 0 Å². The zero-order valence-electron chi connectivity index (χ0n) is 14.5. The highest BCUT2D eigenvalue weighted by Gasteiger charge is 2.03. The van der Waals surface area contributed by atoms with Gasteiger partial charge in [-0.1, -0.05) is 11.6 Å². The SMILES string of the molecule is CCNC(=NCCC1=CCCCC1)NCCOc1cccnc1.I. The first-order valence-corrected chi connectivity index (χ1v) is 8.61. The van der Waals surface area contributed by atoms with E-state index in [0.717, 1.165) is 31.2 Å². The fourth-order valence-corrected chi connectivity index (χ4v) is 2.56. The summed E-state index contributed by atoms with van der Waals surface area (Å²) < 4.78 is 5.62. The topological polar surface area (TPSA) is 58.5 Å². The molecule has 1 aliphatic carbocycles. The van der Waals surface area contributed by atoms with Gasteiger partial charge in [0.15, 0.2) is 5.96 Å². The molecule has 0 bridgehead atoms. The molecule has 2 rings (SSSR count). The number of ether oxygens (including phenoxy) is 1. The molecule has 5 nitrogen and oxygen atoms in total. The molecule has 0 atom stereocenters. The number of pyridine rings is 1. The van der Waals surface area contributed by atoms with Crippen molar-refractivity contribution in [3.8, 4) is 5.75 Å². The molecule has 0 fully saturated rings. The lowest BCUT2D eigenvalue weighted by Gasteiger charge is -2.13. The summed E-state index contributed by atoms with van der Waals surface area (Å²) in [6.07, 6.45) is 12.1. The molecule has 0 unspecified atom stereocenters. The molecule has 134 valence electrons. The van der Waals surface area contributed by atoms with E-state index in [1.54, 1.807) is 18.0 Å². The zero-order chi connectivity index (χ0) is 16.2. The summed E-state index contributed by atoms with van der Waals surface area (Å²) in [5.74, 6) is 1.65. The maximum absolute atomic E-state index is 5.62. The van der Waals surface area contributed by atoms with Crippen molar-refractivity contribution < 1.29 is 4.74 Å². The lowest BCUT2D eigenvalue weighted by atomic mass is 9.97. The van der Waals surface area contributed by atoms with Crippen LogP contribution in [0.5, 0.6) is 5.75 Å². The minimum Gasteiger partial charge on any atom is -0.490 e. The molecule has 0 amide bonds. The highest BCUT2D eigenvalue weighted by molar-refractivity contribution is 14.0. The van der Waals surface area contributed by atoms with Crippen LogP contribution in [0.2, 0.25) is 0 Å². The smallest absolute Gasteiger partial charge is 0.191 e. The summed E-state index contributed by atoms with van der Waals surface area (Å²) in [6.45, 7) is 5.07. The zero-order valence-corrected chi connectivity index (χ0v) is 16.8. The summed E-state index contributed by atoms with van der Waals surface area (Å²) >= 11 is 0. The molecule has 6 heteroatoms. The maximum atomic E-state index is 5.62. The van der Waals surface area contributed by atoms with Gasteiger partial charge in [-0.15, -0.1) is 24.0 Å². The van der Waals surface area contributed by atoms with Crippen LogP contribution in [-0.2, 0) is 0 Å². The van der Waals surface area contributed by atoms with E-state index in [9.17, 15) is 0 Å². The van der Waals surface area contributed by atoms with Crippen LogP contribution in [-0.4, -0.2) is 37.2 Å². The summed E-state index contributed by atoms with van der Waals surface area (Å²) in [5.41, 5.74) is 1.57. The van der Waals surface area contributed by atoms with Crippen LogP contribution in [0.15, 0.2) is 41.2 Å². The molecule has 1 aromatic rings. The predicted molar refractivity (Wildman–Crippen MR) is 110 cm³/mol. The van der Waals surface area contributed by atoms with Crippen LogP contribution in [0.25, 0.3) is 0 Å². The molecule has 0 spiro atoms. The van der Waals surface area contributed by atoms with Crippen LogP contribution < -0.4 is 15.4 Å². The van der Waals surface area contributed by atoms with Crippen LogP contribution in [0, 0.1) is 0 Å². The Hall–Kier alpha value is -1.31. The first kappa shape index (κ1) is 20.7. The maximum Gasteiger partial charge on any atom is 0.191 e. The first-order valence-electron chi connectivity index (χ1n) is 8.61. The van der Waals surface area contributed by atoms with E-state index in [0.29, 0.717) is 13.2 Å². The lowest BCUT2D eigenvalue weighted by Crippen LogP contribution is -2.39. The summed E-state index contributed by atoms with van der Waals surface area (Å²) in [7, 11) is 0. The Kier molecular flexibility index (Phi) is 11.3. The molecule has 0 radical (unpaired) electrons. The Morgan fingerprint density at radius 1 is 1.33 bits per heavy atom. The van der Waals surface area contributed by atoms with Gasteiger partial charge in [-0.05, 0) is 51.2 Å². The summed E-state index contributed by atoms with van der Waals surface area (Å²) in [4.78, 5) is 8.66. The number of hydrogen-bond donors (Lipinski definition) is 2. The third-order valence-electron chi connectivity index (χ3n) is 3.73. The van der Waals surface area contributed by atoms with Crippen molar-refractivity contribution in [1.29, 1.82) is 0 Å². The minimum atomic E-state index is 0. The Balaban J connectivity index is 0.00000288. The molecule has 0 aliphatic heterocycles. The molecule has 0 saturated heterocycles. The van der Waals surface area contributed by atoms with Gasteiger partial charge in [0.05, 0.1) is 12.7 Å². The average molecular weight is 444 g/mol. The van der Waals surface area contributed by atoms with Gasteiger partial charge < -0.3 is 15.4 Å². The van der Waals surface area contributed by atoms with E-state index in [1.165, 1.54) is 25.7 Å². The Morgan fingerprint density at radius 3 is 2.96 bits per heavy atom. The molecule has 2 N–H and O–H groups in total. The number of hydrogen-bond acceptors (Lipinski definition) is 3. The standard InChI is InChI=1S/C18H28N4O.HI/c1-2-20-18(21-12-10-16-7-4-3-5-8-16)22-13-14-23-17-9-6-11-19-15-17;/h6-7,9,11,15H,2-5,8,10,12-14H2,1H3,(H2,20,21,22);1H. The Labute approximate surface area is 162 Å². The van der Waals surface area contributed by atoms with Gasteiger partial charge >= 0.3 is 0 Å². The summed E-state index contributed by atoms with van der Waals surface area (Å²) in [6, 6.07) is 3.78. The van der Waals surface area contributed by atoms with Crippen molar-refractivity contribution in [2.24, 2.45) is 4.99 Å². The highest BCUT2D eigenvalue weighted by atomic mass is 127. The van der Waals surface area contributed by atoms with E-state index >= 15 is 0 Å². The van der Waals surface area contributed by atoms with Crippen molar-refractivity contribution >= 4 is 29.9 Å². The minimum absolute atomic E-state index is 0. The van der Waals surface area contributed by atoms with Crippen LogP contribution in [0.4, 0.5) is 0 Å². The second kappa shape index (κ2) is 13.0. The molecule has 24 heavy (non-hydrogen) atoms. The summed E-state index contributed by atoms with van der Waals surface area (Å²) in [5, 5.41) is 6.57. The molecule has 1 aromatic heterocycles. The number of halogens is 1. The second-order valence-corrected chi connectivity index (χ2v) is 5.58. The normalized spacial score (nSPS) is 14.4. The second-order valence-electron chi connectivity index (χ2n) is 5.58. The van der Waals surface area contributed by atoms with Crippen molar-refractivity contribution in [3.05, 3.63) is 36.2 Å². The molecule has 0 saturated carbocycles. The van der Waals surface area contributed by atoms with Gasteiger partial charge in [0.2, 0.25) is 0 Å². The highest BCUT2D eigenvalue weighted by Crippen LogP contribution is 2.19. The third-order valence-corrected chi connectivity index (χ3v) is 3.73. The number of guanidine groups is 1. The van der Waals surface area contributed by atoms with Gasteiger partial charge in [0.25, 0.3) is 0 Å². The monoisotopic (exact) mass is 444 g/mol. The lowest BCUT2D eigenvalue weighted by molar-refractivity contribution is 0.320. The molecular weight excluding hydrogens is 415 g/mol. The quantitative estimate of drug-likeness (QED) is 0.212. The number of aromatic nitrogens is 1. The van der Waals surface area contributed by atoms with Crippen LogP contribution in [0.3, 0.4) is 0 Å². The van der Waals surface area contributed by atoms with E-state index < -0.39 is 0 Å². The van der Waals surface area contributed by atoms with Crippen molar-refractivity contribution in [2.75, 3.05) is 26.2 Å². The molecule has 1 aliphatic rings. The number of allylic oxidation sites excluding steroid dienone is 1. The predicted octanol–water partition coefficient (Wildman–Crippen LogP) is 3.52. The van der Waals surface area contributed by atoms with E-state index in [-0.39, 0.29) is 24.0 Å². The fourth-order valence-electron chi connectivity index (χ4n) is 2.56. The van der Waals surface area contributed by atoms with Crippen molar-refractivity contribution in [3.63, 3.8) is 0 Å². The van der Waals surface area contributed by atoms with Crippen molar-refractivity contribution in [1.82, 2.24) is 15.6 Å². The van der Waals surface area contributed by atoms with Crippen molar-refractivity contribution in [2.45, 2.75) is 39.0 Å². The van der Waals surface area contributed by atoms with Crippen LogP contribution in [0.1, 0.15) is 39.0 Å². The van der Waals surface area contributed by atoms with Gasteiger partial charge in [-0.3, -0.25) is 9.98 Å². The molecule has 0 aromatic carbocycles. The van der Waals surface area contributed by atoms with Gasteiger partial charge in [0.1, 0.15) is 12.4 Å². The van der Waals surface area contributed by atoms with E-state index in [4.69, 9.17) is 4.74 Å². The number of nitrogens with zero attached hydrogens (tertiary/aromatic N) is 2. The number of rotatable bonds is 8. The average Bonchev–Trinajstić information content (AvgIpc) is 2.60. The number of aliphatic imine (C=N–C) groups is 1. The van der Waals surface area contributed by atoms with Crippen LogP contribution >= 0.6 is 24.0 Å².